The van der Waals surface area contributed by atoms with Crippen molar-refractivity contribution in [3.63, 3.8) is 0 Å². The molecule has 1 heterocycles. The van der Waals surface area contributed by atoms with Crippen molar-refractivity contribution in [3.8, 4) is 0 Å². The van der Waals surface area contributed by atoms with Gasteiger partial charge in [0.15, 0.2) is 5.41 Å². The van der Waals surface area contributed by atoms with Crippen LogP contribution in [-0.4, -0.2) is 29.7 Å². The molecule has 13 heavy (non-hydrogen) atoms. The molecular weight excluding hydrogens is 182 g/mol. The van der Waals surface area contributed by atoms with E-state index in [-0.39, 0.29) is 0 Å². The fraction of sp³-hybridized carbons (Fsp3) is 0.875. The van der Waals surface area contributed by atoms with Crippen molar-refractivity contribution < 1.29 is 23.4 Å². The molecule has 0 spiro atoms. The van der Waals surface area contributed by atoms with Crippen LogP contribution >= 0.6 is 0 Å². The Hall–Kier alpha value is -0.710. The average molecular weight is 192 g/mol. The van der Waals surface area contributed by atoms with Gasteiger partial charge in [-0.25, -0.2) is 8.78 Å². The molecule has 3 nitrogen and oxygen atoms in total. The summed E-state index contributed by atoms with van der Waals surface area (Å²) in [5, 5.41) is 8.74. The van der Waals surface area contributed by atoms with Gasteiger partial charge in [0, 0.05) is 13.0 Å². The molecule has 0 amide bonds. The Morgan fingerprint density at radius 2 is 2.15 bits per heavy atom. The molecule has 0 bridgehead atoms. The third-order valence-corrected chi connectivity index (χ3v) is 2.89. The van der Waals surface area contributed by atoms with Crippen LogP contribution < -0.4 is 0 Å². The Balaban J connectivity index is 2.21. The van der Waals surface area contributed by atoms with Crippen molar-refractivity contribution in [1.29, 1.82) is 0 Å². The minimum atomic E-state index is -3.08. The highest BCUT2D eigenvalue weighted by Crippen LogP contribution is 2.64. The summed E-state index contributed by atoms with van der Waals surface area (Å²) in [6.45, 7) is 0.399. The highest BCUT2D eigenvalue weighted by Gasteiger charge is 2.80. The molecule has 0 aromatic rings. The van der Waals surface area contributed by atoms with Gasteiger partial charge in [-0.3, -0.25) is 4.79 Å². The third kappa shape index (κ3) is 0.995. The number of hydrogen-bond donors (Lipinski definition) is 1. The lowest BCUT2D eigenvalue weighted by Crippen LogP contribution is -2.34. The number of carbonyl (C=O) groups is 1. The molecule has 2 fully saturated rings. The molecule has 0 radical (unpaired) electrons. The molecule has 0 aromatic carbocycles. The van der Waals surface area contributed by atoms with Gasteiger partial charge in [0.05, 0.1) is 6.10 Å². The SMILES string of the molecule is O=C(O)C1(C2CCCO2)CC1(F)F. The normalized spacial score (nSPS) is 41.8. The second-order valence-corrected chi connectivity index (χ2v) is 3.66. The van der Waals surface area contributed by atoms with Crippen LogP contribution in [0.1, 0.15) is 19.3 Å². The molecule has 1 saturated heterocycles. The first-order valence-electron chi connectivity index (χ1n) is 4.23. The van der Waals surface area contributed by atoms with Gasteiger partial charge in [0.1, 0.15) is 0 Å². The molecule has 5 heteroatoms. The van der Waals surface area contributed by atoms with E-state index in [1.54, 1.807) is 0 Å². The second-order valence-electron chi connectivity index (χ2n) is 3.66. The van der Waals surface area contributed by atoms with Crippen molar-refractivity contribution in [3.05, 3.63) is 0 Å². The van der Waals surface area contributed by atoms with E-state index in [1.807, 2.05) is 0 Å². The first-order valence-corrected chi connectivity index (χ1v) is 4.23. The Morgan fingerprint density at radius 3 is 2.46 bits per heavy atom. The molecule has 74 valence electrons. The first kappa shape index (κ1) is 8.87. The number of aliphatic carboxylic acids is 1. The minimum Gasteiger partial charge on any atom is -0.481 e. The molecule has 1 aliphatic heterocycles. The van der Waals surface area contributed by atoms with Crippen LogP contribution in [0.5, 0.6) is 0 Å². The number of carboxylic acid groups (broad SMARTS) is 1. The van der Waals surface area contributed by atoms with Crippen LogP contribution in [-0.2, 0) is 9.53 Å². The van der Waals surface area contributed by atoms with Crippen LogP contribution in [0.15, 0.2) is 0 Å². The van der Waals surface area contributed by atoms with E-state index in [4.69, 9.17) is 9.84 Å². The summed E-state index contributed by atoms with van der Waals surface area (Å²) >= 11 is 0. The van der Waals surface area contributed by atoms with Gasteiger partial charge in [-0.1, -0.05) is 0 Å². The van der Waals surface area contributed by atoms with E-state index in [0.29, 0.717) is 19.4 Å². The van der Waals surface area contributed by atoms with Crippen molar-refractivity contribution in [2.24, 2.45) is 5.41 Å². The number of hydrogen-bond acceptors (Lipinski definition) is 2. The zero-order valence-corrected chi connectivity index (χ0v) is 6.93. The van der Waals surface area contributed by atoms with E-state index < -0.39 is 29.8 Å². The summed E-state index contributed by atoms with van der Waals surface area (Å²) in [7, 11) is 0. The van der Waals surface area contributed by atoms with Crippen LogP contribution in [0.25, 0.3) is 0 Å². The van der Waals surface area contributed by atoms with Gasteiger partial charge < -0.3 is 9.84 Å². The van der Waals surface area contributed by atoms with E-state index >= 15 is 0 Å². The highest BCUT2D eigenvalue weighted by atomic mass is 19.3. The molecule has 0 aromatic heterocycles. The summed E-state index contributed by atoms with van der Waals surface area (Å²) < 4.78 is 30.8. The van der Waals surface area contributed by atoms with Gasteiger partial charge in [0.2, 0.25) is 0 Å². The van der Waals surface area contributed by atoms with Crippen LogP contribution in [0.3, 0.4) is 0 Å². The van der Waals surface area contributed by atoms with Crippen molar-refractivity contribution in [2.75, 3.05) is 6.61 Å². The summed E-state index contributed by atoms with van der Waals surface area (Å²) in [6.07, 6.45) is -0.252. The molecule has 2 aliphatic rings. The monoisotopic (exact) mass is 192 g/mol. The van der Waals surface area contributed by atoms with Gasteiger partial charge >= 0.3 is 5.97 Å². The lowest BCUT2D eigenvalue weighted by Gasteiger charge is -2.17. The molecule has 1 saturated carbocycles. The van der Waals surface area contributed by atoms with E-state index in [9.17, 15) is 13.6 Å². The average Bonchev–Trinajstić information content (AvgIpc) is 2.52. The van der Waals surface area contributed by atoms with Crippen molar-refractivity contribution in [1.82, 2.24) is 0 Å². The quantitative estimate of drug-likeness (QED) is 0.716. The van der Waals surface area contributed by atoms with E-state index in [0.717, 1.165) is 0 Å². The maximum Gasteiger partial charge on any atom is 0.318 e. The standard InChI is InChI=1S/C8H10F2O3/c9-8(10)4-7(8,6(11)12)5-2-1-3-13-5/h5H,1-4H2,(H,11,12). The summed E-state index contributed by atoms with van der Waals surface area (Å²) in [5.74, 6) is -4.50. The van der Waals surface area contributed by atoms with Gasteiger partial charge in [-0.2, -0.15) is 0 Å². The van der Waals surface area contributed by atoms with Crippen LogP contribution in [0.4, 0.5) is 8.78 Å². The minimum absolute atomic E-state index is 0.399. The van der Waals surface area contributed by atoms with Gasteiger partial charge in [0.25, 0.3) is 5.92 Å². The van der Waals surface area contributed by atoms with Gasteiger partial charge in [-0.15, -0.1) is 0 Å². The molecule has 2 atom stereocenters. The molecule has 1 aliphatic carbocycles. The Morgan fingerprint density at radius 1 is 1.54 bits per heavy atom. The zero-order chi connectivity index (χ0) is 9.69. The fourth-order valence-corrected chi connectivity index (χ4v) is 1.99. The predicted molar refractivity (Wildman–Crippen MR) is 38.6 cm³/mol. The summed E-state index contributed by atoms with van der Waals surface area (Å²) in [4.78, 5) is 10.7. The number of alkyl halides is 2. The largest absolute Gasteiger partial charge is 0.481 e. The Labute approximate surface area is 73.7 Å². The van der Waals surface area contributed by atoms with Crippen molar-refractivity contribution in [2.45, 2.75) is 31.3 Å². The highest BCUT2D eigenvalue weighted by molar-refractivity contribution is 5.81. The molecule has 1 N–H and O–H groups in total. The zero-order valence-electron chi connectivity index (χ0n) is 6.93. The number of rotatable bonds is 2. The smallest absolute Gasteiger partial charge is 0.318 e. The second kappa shape index (κ2) is 2.41. The number of carboxylic acids is 1. The number of ether oxygens (including phenoxy) is 1. The van der Waals surface area contributed by atoms with Gasteiger partial charge in [-0.05, 0) is 12.8 Å². The predicted octanol–water partition coefficient (Wildman–Crippen LogP) is 1.28. The Kier molecular flexibility index (Phi) is 1.64. The lowest BCUT2D eigenvalue weighted by molar-refractivity contribution is -0.155. The summed E-state index contributed by atoms with van der Waals surface area (Å²) in [6, 6.07) is 0. The van der Waals surface area contributed by atoms with E-state index in [2.05, 4.69) is 0 Å². The van der Waals surface area contributed by atoms with E-state index in [1.165, 1.54) is 0 Å². The maximum atomic E-state index is 12.9. The van der Waals surface area contributed by atoms with Crippen LogP contribution in [0, 0.1) is 5.41 Å². The molecular formula is C8H10F2O3. The fourth-order valence-electron chi connectivity index (χ4n) is 1.99. The lowest BCUT2D eigenvalue weighted by atomic mass is 9.96. The van der Waals surface area contributed by atoms with Crippen LogP contribution in [0.2, 0.25) is 0 Å². The topological polar surface area (TPSA) is 46.5 Å². The summed E-state index contributed by atoms with van der Waals surface area (Å²) in [5.41, 5.74) is -1.91. The third-order valence-electron chi connectivity index (χ3n) is 2.89. The number of halogens is 2. The first-order chi connectivity index (χ1) is 6.01. The Bertz CT molecular complexity index is 248. The molecule has 2 unspecified atom stereocenters. The maximum absolute atomic E-state index is 12.9. The molecule has 2 rings (SSSR count). The van der Waals surface area contributed by atoms with Crippen molar-refractivity contribution >= 4 is 5.97 Å².